The minimum Gasteiger partial charge on any atom is -0.489 e. The van der Waals surface area contributed by atoms with Crippen molar-refractivity contribution in [1.82, 2.24) is 4.90 Å². The largest absolute Gasteiger partial charge is 0.489 e. The van der Waals surface area contributed by atoms with E-state index in [9.17, 15) is 14.4 Å². The quantitative estimate of drug-likeness (QED) is 0.229. The molecule has 172 valence electrons. The number of hydrogen-bond donors (Lipinski definition) is 0. The Balaban J connectivity index is 1.22. The van der Waals surface area contributed by atoms with Crippen molar-refractivity contribution in [2.24, 2.45) is 0 Å². The third-order valence-electron chi connectivity index (χ3n) is 5.67. The van der Waals surface area contributed by atoms with Crippen molar-refractivity contribution in [3.05, 3.63) is 119 Å². The fourth-order valence-electron chi connectivity index (χ4n) is 3.80. The van der Waals surface area contributed by atoms with Crippen LogP contribution in [0.1, 0.15) is 21.5 Å². The van der Waals surface area contributed by atoms with Gasteiger partial charge in [0.2, 0.25) is 0 Å². The van der Waals surface area contributed by atoms with Crippen LogP contribution in [0.25, 0.3) is 16.8 Å². The molecule has 1 fully saturated rings. The molecule has 0 radical (unpaired) electrons. The third kappa shape index (κ3) is 5.18. The van der Waals surface area contributed by atoms with Gasteiger partial charge in [-0.3, -0.25) is 19.3 Å². The Morgan fingerprint density at radius 1 is 0.829 bits per heavy atom. The lowest BCUT2D eigenvalue weighted by molar-refractivity contribution is -0.122. The minimum absolute atomic E-state index is 0.270. The fraction of sp³-hybridized carbons (Fsp3) is 0.0690. The number of carbonyl (C=O) groups is 3. The zero-order valence-corrected chi connectivity index (χ0v) is 19.5. The molecule has 0 aliphatic carbocycles. The van der Waals surface area contributed by atoms with E-state index in [4.69, 9.17) is 4.74 Å². The molecule has 0 N–H and O–H groups in total. The van der Waals surface area contributed by atoms with E-state index in [1.165, 1.54) is 10.8 Å². The van der Waals surface area contributed by atoms with Crippen LogP contribution in [-0.2, 0) is 11.4 Å². The number of amides is 2. The Hall–Kier alpha value is -4.16. The summed E-state index contributed by atoms with van der Waals surface area (Å²) >= 11 is 0.841. The number of ether oxygens (including phenoxy) is 1. The van der Waals surface area contributed by atoms with Gasteiger partial charge in [-0.05, 0) is 57.9 Å². The predicted octanol–water partition coefficient (Wildman–Crippen LogP) is 6.34. The smallest absolute Gasteiger partial charge is 0.293 e. The van der Waals surface area contributed by atoms with Crippen LogP contribution in [0.4, 0.5) is 4.79 Å². The molecule has 4 aromatic carbocycles. The summed E-state index contributed by atoms with van der Waals surface area (Å²) in [7, 11) is 0. The topological polar surface area (TPSA) is 63.7 Å². The summed E-state index contributed by atoms with van der Waals surface area (Å²) in [5, 5.41) is 1.92. The van der Waals surface area contributed by atoms with Gasteiger partial charge in [-0.2, -0.15) is 0 Å². The van der Waals surface area contributed by atoms with Crippen molar-refractivity contribution in [3.8, 4) is 5.75 Å². The van der Waals surface area contributed by atoms with Crippen LogP contribution < -0.4 is 4.74 Å². The van der Waals surface area contributed by atoms with Gasteiger partial charge < -0.3 is 4.74 Å². The first-order chi connectivity index (χ1) is 17.1. The molecule has 1 aliphatic heterocycles. The molecule has 6 heteroatoms. The molecule has 5 nitrogen and oxygen atoms in total. The van der Waals surface area contributed by atoms with Crippen LogP contribution >= 0.6 is 11.8 Å². The maximum atomic E-state index is 12.7. The highest BCUT2D eigenvalue weighted by Gasteiger charge is 2.36. The first-order valence-electron chi connectivity index (χ1n) is 11.1. The van der Waals surface area contributed by atoms with Crippen molar-refractivity contribution < 1.29 is 19.1 Å². The van der Waals surface area contributed by atoms with E-state index in [-0.39, 0.29) is 12.3 Å². The fourth-order valence-corrected chi connectivity index (χ4v) is 4.64. The molecule has 5 rings (SSSR count). The molecule has 35 heavy (non-hydrogen) atoms. The average molecular weight is 480 g/mol. The number of rotatable bonds is 7. The number of benzene rings is 4. The van der Waals surface area contributed by atoms with Crippen molar-refractivity contribution >= 4 is 45.5 Å². The lowest BCUT2D eigenvalue weighted by Crippen LogP contribution is -2.33. The molecule has 0 atom stereocenters. The van der Waals surface area contributed by atoms with Gasteiger partial charge in [0.25, 0.3) is 11.1 Å². The van der Waals surface area contributed by atoms with Crippen LogP contribution in [-0.4, -0.2) is 28.4 Å². The van der Waals surface area contributed by atoms with Gasteiger partial charge in [0.05, 0.1) is 11.4 Å². The summed E-state index contributed by atoms with van der Waals surface area (Å²) in [6, 6.07) is 30.4. The number of imide groups is 1. The molecule has 0 aromatic heterocycles. The zero-order chi connectivity index (χ0) is 24.2. The van der Waals surface area contributed by atoms with Gasteiger partial charge in [-0.25, -0.2) is 0 Å². The number of ketones is 1. The van der Waals surface area contributed by atoms with Crippen LogP contribution in [0.5, 0.6) is 5.75 Å². The van der Waals surface area contributed by atoms with E-state index >= 15 is 0 Å². The standard InChI is InChI=1S/C29H21NO4S/c31-26(23-7-2-1-3-8-23)18-30-28(32)27(35-29(30)33)17-20-11-14-25(15-12-20)34-19-21-10-13-22-6-4-5-9-24(22)16-21/h1-17H,18-19H2/b27-17-. The van der Waals surface area contributed by atoms with Crippen molar-refractivity contribution in [1.29, 1.82) is 0 Å². The van der Waals surface area contributed by atoms with Crippen LogP contribution in [0.2, 0.25) is 0 Å². The molecular weight excluding hydrogens is 458 g/mol. The Morgan fingerprint density at radius 2 is 1.54 bits per heavy atom. The van der Waals surface area contributed by atoms with E-state index in [2.05, 4.69) is 30.3 Å². The first-order valence-corrected chi connectivity index (χ1v) is 11.9. The third-order valence-corrected chi connectivity index (χ3v) is 6.58. The van der Waals surface area contributed by atoms with Crippen LogP contribution in [0.3, 0.4) is 0 Å². The van der Waals surface area contributed by atoms with E-state index in [0.717, 1.165) is 27.8 Å². The number of Topliss-reactive ketones (excluding diaryl/α,β-unsaturated/α-hetero) is 1. The van der Waals surface area contributed by atoms with E-state index in [1.807, 2.05) is 36.4 Å². The molecule has 1 aliphatic rings. The number of thioether (sulfide) groups is 1. The Morgan fingerprint density at radius 3 is 2.31 bits per heavy atom. The van der Waals surface area contributed by atoms with Crippen molar-refractivity contribution in [2.45, 2.75) is 6.61 Å². The summed E-state index contributed by atoms with van der Waals surface area (Å²) in [6.07, 6.45) is 1.66. The van der Waals surface area contributed by atoms with Crippen LogP contribution in [0, 0.1) is 0 Å². The lowest BCUT2D eigenvalue weighted by Gasteiger charge is -2.11. The van der Waals surface area contributed by atoms with E-state index in [0.29, 0.717) is 22.8 Å². The van der Waals surface area contributed by atoms with Gasteiger partial charge >= 0.3 is 0 Å². The minimum atomic E-state index is -0.457. The van der Waals surface area contributed by atoms with Gasteiger partial charge in [-0.1, -0.05) is 78.9 Å². The second kappa shape index (κ2) is 9.99. The van der Waals surface area contributed by atoms with Crippen molar-refractivity contribution in [2.75, 3.05) is 6.54 Å². The summed E-state index contributed by atoms with van der Waals surface area (Å²) in [6.45, 7) is 0.173. The van der Waals surface area contributed by atoms with E-state index in [1.54, 1.807) is 36.4 Å². The number of nitrogens with zero attached hydrogens (tertiary/aromatic N) is 1. The van der Waals surface area contributed by atoms with Gasteiger partial charge in [-0.15, -0.1) is 0 Å². The second-order valence-corrected chi connectivity index (χ2v) is 9.09. The predicted molar refractivity (Wildman–Crippen MR) is 138 cm³/mol. The molecule has 0 spiro atoms. The highest BCUT2D eigenvalue weighted by atomic mass is 32.2. The molecule has 1 heterocycles. The van der Waals surface area contributed by atoms with Crippen LogP contribution in [0.15, 0.2) is 102 Å². The van der Waals surface area contributed by atoms with Gasteiger partial charge in [0.15, 0.2) is 5.78 Å². The molecule has 0 saturated carbocycles. The lowest BCUT2D eigenvalue weighted by atomic mass is 10.1. The number of hydrogen-bond acceptors (Lipinski definition) is 5. The Labute approximate surface area is 207 Å². The summed E-state index contributed by atoms with van der Waals surface area (Å²) < 4.78 is 5.91. The molecule has 0 unspecified atom stereocenters. The summed E-state index contributed by atoms with van der Waals surface area (Å²) in [4.78, 5) is 38.8. The molecule has 1 saturated heterocycles. The number of carbonyl (C=O) groups excluding carboxylic acids is 3. The maximum absolute atomic E-state index is 12.7. The monoisotopic (exact) mass is 479 g/mol. The number of fused-ring (bicyclic) bond motifs is 1. The Kier molecular flexibility index (Phi) is 6.46. The maximum Gasteiger partial charge on any atom is 0.293 e. The summed E-state index contributed by atoms with van der Waals surface area (Å²) in [5.41, 5.74) is 2.31. The average Bonchev–Trinajstić information content (AvgIpc) is 3.15. The highest BCUT2D eigenvalue weighted by Crippen LogP contribution is 2.32. The second-order valence-electron chi connectivity index (χ2n) is 8.10. The SMILES string of the molecule is O=C(CN1C(=O)S/C(=C\c2ccc(OCc3ccc4ccccc4c3)cc2)C1=O)c1ccccc1. The summed E-state index contributed by atoms with van der Waals surface area (Å²) in [5.74, 6) is -0.0279. The van der Waals surface area contributed by atoms with Gasteiger partial charge in [0.1, 0.15) is 12.4 Å². The van der Waals surface area contributed by atoms with Crippen molar-refractivity contribution in [3.63, 3.8) is 0 Å². The van der Waals surface area contributed by atoms with E-state index < -0.39 is 11.1 Å². The molecule has 2 amide bonds. The first kappa shape index (κ1) is 22.6. The zero-order valence-electron chi connectivity index (χ0n) is 18.7. The highest BCUT2D eigenvalue weighted by molar-refractivity contribution is 8.18. The Bertz CT molecular complexity index is 1440. The molecular formula is C29H21NO4S. The van der Waals surface area contributed by atoms with Gasteiger partial charge in [0, 0.05) is 5.56 Å². The molecule has 4 aromatic rings. The molecule has 0 bridgehead atoms. The normalized spacial score (nSPS) is 14.6.